The van der Waals surface area contributed by atoms with Gasteiger partial charge in [0.25, 0.3) is 0 Å². The molecule has 1 fully saturated rings. The molecule has 1 aliphatic heterocycles. The van der Waals surface area contributed by atoms with Gasteiger partial charge in [0, 0.05) is 25.2 Å². The molecule has 1 aliphatic rings. The zero-order chi connectivity index (χ0) is 12.3. The maximum atomic E-state index is 11.4. The molecule has 1 unspecified atom stereocenters. The number of carbonyl (C=O) groups is 1. The van der Waals surface area contributed by atoms with Gasteiger partial charge in [-0.25, -0.2) is 4.98 Å². The first kappa shape index (κ1) is 11.6. The molecule has 0 radical (unpaired) electrons. The van der Waals surface area contributed by atoms with Crippen molar-refractivity contribution in [2.24, 2.45) is 5.92 Å². The maximum absolute atomic E-state index is 11.4. The normalized spacial score (nSPS) is 19.8. The van der Waals surface area contributed by atoms with E-state index in [4.69, 9.17) is 5.26 Å². The van der Waals surface area contributed by atoms with Crippen molar-refractivity contribution >= 4 is 11.6 Å². The maximum Gasteiger partial charge on any atom is 0.146 e. The number of carbonyl (C=O) groups excluding carboxylic acids is 1. The number of hydrogen-bond donors (Lipinski definition) is 0. The van der Waals surface area contributed by atoms with Gasteiger partial charge in [-0.05, 0) is 31.9 Å². The van der Waals surface area contributed by atoms with Gasteiger partial charge in [0.05, 0.1) is 5.56 Å². The van der Waals surface area contributed by atoms with Crippen molar-refractivity contribution in [3.05, 3.63) is 23.9 Å². The summed E-state index contributed by atoms with van der Waals surface area (Å²) in [5.41, 5.74) is 0.580. The highest BCUT2D eigenvalue weighted by molar-refractivity contribution is 5.79. The standard InChI is InChI=1S/C13H15N3O/c1-10(17)12-5-3-7-16(9-12)13-11(8-14)4-2-6-15-13/h2,4,6,12H,3,5,7,9H2,1H3. The predicted octanol–water partition coefficient (Wildman–Crippen LogP) is 1.76. The molecule has 2 rings (SSSR count). The zero-order valence-electron chi connectivity index (χ0n) is 9.89. The number of ketones is 1. The lowest BCUT2D eigenvalue weighted by Gasteiger charge is -2.32. The molecule has 0 aliphatic carbocycles. The van der Waals surface area contributed by atoms with Gasteiger partial charge < -0.3 is 4.90 Å². The average molecular weight is 229 g/mol. The molecule has 4 heteroatoms. The molecule has 0 aromatic carbocycles. The third-order valence-electron chi connectivity index (χ3n) is 3.20. The Hall–Kier alpha value is -1.89. The number of piperidine rings is 1. The summed E-state index contributed by atoms with van der Waals surface area (Å²) in [7, 11) is 0. The van der Waals surface area contributed by atoms with Gasteiger partial charge in [-0.1, -0.05) is 0 Å². The molecule has 0 spiro atoms. The number of pyridine rings is 1. The van der Waals surface area contributed by atoms with E-state index in [0.717, 1.165) is 19.4 Å². The Balaban J connectivity index is 2.22. The third-order valence-corrected chi connectivity index (χ3v) is 3.20. The van der Waals surface area contributed by atoms with Crippen LogP contribution in [0.1, 0.15) is 25.3 Å². The number of nitrogens with zero attached hydrogens (tertiary/aromatic N) is 3. The second-order valence-electron chi connectivity index (χ2n) is 4.38. The molecule has 0 N–H and O–H groups in total. The Morgan fingerprint density at radius 3 is 3.18 bits per heavy atom. The number of hydrogen-bond acceptors (Lipinski definition) is 4. The van der Waals surface area contributed by atoms with Crippen molar-refractivity contribution in [3.63, 3.8) is 0 Å². The van der Waals surface area contributed by atoms with Gasteiger partial charge in [0.1, 0.15) is 17.7 Å². The molecule has 4 nitrogen and oxygen atoms in total. The number of nitriles is 1. The molecule has 1 aromatic heterocycles. The molecular formula is C13H15N3O. The van der Waals surface area contributed by atoms with Crippen LogP contribution in [0, 0.1) is 17.2 Å². The Morgan fingerprint density at radius 1 is 1.65 bits per heavy atom. The van der Waals surface area contributed by atoms with Crippen molar-refractivity contribution in [1.29, 1.82) is 5.26 Å². The van der Waals surface area contributed by atoms with Gasteiger partial charge >= 0.3 is 0 Å². The first-order valence-corrected chi connectivity index (χ1v) is 5.83. The lowest BCUT2D eigenvalue weighted by Crippen LogP contribution is -2.38. The molecule has 17 heavy (non-hydrogen) atoms. The van der Waals surface area contributed by atoms with E-state index >= 15 is 0 Å². The minimum atomic E-state index is 0.0808. The monoisotopic (exact) mass is 229 g/mol. The largest absolute Gasteiger partial charge is 0.355 e. The van der Waals surface area contributed by atoms with E-state index in [1.807, 2.05) is 4.90 Å². The summed E-state index contributed by atoms with van der Waals surface area (Å²) >= 11 is 0. The topological polar surface area (TPSA) is 57.0 Å². The SMILES string of the molecule is CC(=O)C1CCCN(c2ncccc2C#N)C1. The van der Waals surface area contributed by atoms with Crippen molar-refractivity contribution in [2.45, 2.75) is 19.8 Å². The Bertz CT molecular complexity index is 464. The predicted molar refractivity (Wildman–Crippen MR) is 64.6 cm³/mol. The highest BCUT2D eigenvalue weighted by atomic mass is 16.1. The number of rotatable bonds is 2. The lowest BCUT2D eigenvalue weighted by atomic mass is 9.94. The van der Waals surface area contributed by atoms with Crippen LogP contribution in [0.25, 0.3) is 0 Å². The van der Waals surface area contributed by atoms with Crippen LogP contribution in [-0.4, -0.2) is 23.9 Å². The lowest BCUT2D eigenvalue weighted by molar-refractivity contribution is -0.120. The van der Waals surface area contributed by atoms with E-state index in [0.29, 0.717) is 17.9 Å². The molecule has 2 heterocycles. The van der Waals surface area contributed by atoms with Crippen molar-refractivity contribution in [3.8, 4) is 6.07 Å². The van der Waals surface area contributed by atoms with E-state index in [-0.39, 0.29) is 11.7 Å². The van der Waals surface area contributed by atoms with Crippen molar-refractivity contribution in [1.82, 2.24) is 4.98 Å². The van der Waals surface area contributed by atoms with Gasteiger partial charge in [0.15, 0.2) is 0 Å². The van der Waals surface area contributed by atoms with Crippen molar-refractivity contribution in [2.75, 3.05) is 18.0 Å². The summed E-state index contributed by atoms with van der Waals surface area (Å²) in [6, 6.07) is 5.67. The summed E-state index contributed by atoms with van der Waals surface area (Å²) in [5.74, 6) is 1.02. The molecule has 0 bridgehead atoms. The van der Waals surface area contributed by atoms with Crippen LogP contribution in [0.2, 0.25) is 0 Å². The van der Waals surface area contributed by atoms with E-state index in [1.165, 1.54) is 0 Å². The average Bonchev–Trinajstić information content (AvgIpc) is 2.39. The van der Waals surface area contributed by atoms with Gasteiger partial charge in [0.2, 0.25) is 0 Å². The number of Topliss-reactive ketones (excluding diaryl/α,β-unsaturated/α-hetero) is 1. The summed E-state index contributed by atoms with van der Waals surface area (Å²) in [4.78, 5) is 17.7. The second kappa shape index (κ2) is 4.96. The van der Waals surface area contributed by atoms with Gasteiger partial charge in [-0.2, -0.15) is 5.26 Å². The third kappa shape index (κ3) is 2.44. The Labute approximate surface area is 101 Å². The first-order valence-electron chi connectivity index (χ1n) is 5.83. The number of aromatic nitrogens is 1. The molecular weight excluding hydrogens is 214 g/mol. The van der Waals surface area contributed by atoms with Crippen LogP contribution in [-0.2, 0) is 4.79 Å². The van der Waals surface area contributed by atoms with Crippen LogP contribution in [0.4, 0.5) is 5.82 Å². The van der Waals surface area contributed by atoms with Crippen LogP contribution < -0.4 is 4.90 Å². The summed E-state index contributed by atoms with van der Waals surface area (Å²) in [5, 5.41) is 9.04. The van der Waals surface area contributed by atoms with Crippen LogP contribution >= 0.6 is 0 Å². The first-order chi connectivity index (χ1) is 8.22. The fourth-order valence-electron chi connectivity index (χ4n) is 2.24. The Morgan fingerprint density at radius 2 is 2.47 bits per heavy atom. The summed E-state index contributed by atoms with van der Waals surface area (Å²) < 4.78 is 0. The zero-order valence-corrected chi connectivity index (χ0v) is 9.89. The highest BCUT2D eigenvalue weighted by Gasteiger charge is 2.25. The van der Waals surface area contributed by atoms with Crippen molar-refractivity contribution < 1.29 is 4.79 Å². The van der Waals surface area contributed by atoms with E-state index in [2.05, 4.69) is 11.1 Å². The van der Waals surface area contributed by atoms with E-state index < -0.39 is 0 Å². The molecule has 1 saturated heterocycles. The molecule has 1 aromatic rings. The van der Waals surface area contributed by atoms with E-state index in [1.54, 1.807) is 25.3 Å². The second-order valence-corrected chi connectivity index (χ2v) is 4.38. The molecule has 1 atom stereocenters. The molecule has 0 amide bonds. The fraction of sp³-hybridized carbons (Fsp3) is 0.462. The van der Waals surface area contributed by atoms with Gasteiger partial charge in [-0.3, -0.25) is 4.79 Å². The van der Waals surface area contributed by atoms with Crippen LogP contribution in [0.3, 0.4) is 0 Å². The molecule has 0 saturated carbocycles. The van der Waals surface area contributed by atoms with Crippen LogP contribution in [0.5, 0.6) is 0 Å². The summed E-state index contributed by atoms with van der Waals surface area (Å²) in [6.07, 6.45) is 3.61. The van der Waals surface area contributed by atoms with Crippen LogP contribution in [0.15, 0.2) is 18.3 Å². The van der Waals surface area contributed by atoms with Gasteiger partial charge in [-0.15, -0.1) is 0 Å². The van der Waals surface area contributed by atoms with E-state index in [9.17, 15) is 4.79 Å². The number of anilines is 1. The Kier molecular flexibility index (Phi) is 3.38. The minimum absolute atomic E-state index is 0.0808. The highest BCUT2D eigenvalue weighted by Crippen LogP contribution is 2.24. The molecule has 88 valence electrons. The smallest absolute Gasteiger partial charge is 0.146 e. The quantitative estimate of drug-likeness (QED) is 0.775. The minimum Gasteiger partial charge on any atom is -0.355 e. The fourth-order valence-corrected chi connectivity index (χ4v) is 2.24. The summed E-state index contributed by atoms with van der Waals surface area (Å²) in [6.45, 7) is 3.19.